The predicted octanol–water partition coefficient (Wildman–Crippen LogP) is 3.53. The minimum atomic E-state index is 0.224. The summed E-state index contributed by atoms with van der Waals surface area (Å²) in [5, 5.41) is 3.45. The molecule has 0 saturated carbocycles. The molecule has 0 aliphatic carbocycles. The van der Waals surface area contributed by atoms with E-state index in [2.05, 4.69) is 60.2 Å². The van der Waals surface area contributed by atoms with Gasteiger partial charge in [0.2, 0.25) is 0 Å². The van der Waals surface area contributed by atoms with Crippen LogP contribution in [0.15, 0.2) is 24.3 Å². The first-order valence-corrected chi connectivity index (χ1v) is 11.2. The van der Waals surface area contributed by atoms with Gasteiger partial charge in [-0.05, 0) is 77.4 Å². The maximum absolute atomic E-state index is 6.00. The first-order chi connectivity index (χ1) is 13.6. The van der Waals surface area contributed by atoms with Crippen LogP contribution in [0.2, 0.25) is 0 Å². The Bertz CT molecular complexity index is 551. The smallest absolute Gasteiger partial charge is 0.119 e. The monoisotopic (exact) mass is 389 g/mol. The molecule has 1 aromatic rings. The van der Waals surface area contributed by atoms with Crippen molar-refractivity contribution in [3.63, 3.8) is 0 Å². The molecule has 2 heterocycles. The number of rotatable bonds is 9. The van der Waals surface area contributed by atoms with Crippen molar-refractivity contribution in [2.75, 3.05) is 50.8 Å². The van der Waals surface area contributed by atoms with E-state index in [0.29, 0.717) is 12.1 Å². The molecule has 5 nitrogen and oxygen atoms in total. The average molecular weight is 390 g/mol. The highest BCUT2D eigenvalue weighted by Gasteiger charge is 2.28. The minimum Gasteiger partial charge on any atom is -0.494 e. The molecular weight excluding hydrogens is 350 g/mol. The van der Waals surface area contributed by atoms with Gasteiger partial charge in [-0.25, -0.2) is 0 Å². The number of nitrogens with one attached hydrogen (secondary N) is 1. The van der Waals surface area contributed by atoms with Gasteiger partial charge in [0.05, 0.1) is 25.4 Å². The molecule has 2 aliphatic heterocycles. The topological polar surface area (TPSA) is 37.0 Å². The van der Waals surface area contributed by atoms with Crippen LogP contribution in [0.3, 0.4) is 0 Å². The lowest BCUT2D eigenvalue weighted by Crippen LogP contribution is -2.53. The Balaban J connectivity index is 1.49. The molecule has 3 rings (SSSR count). The van der Waals surface area contributed by atoms with E-state index in [9.17, 15) is 0 Å². The lowest BCUT2D eigenvalue weighted by molar-refractivity contribution is 0.0133. The van der Waals surface area contributed by atoms with E-state index in [0.717, 1.165) is 45.0 Å². The second-order valence-corrected chi connectivity index (χ2v) is 8.45. The zero-order valence-corrected chi connectivity index (χ0v) is 18.0. The summed E-state index contributed by atoms with van der Waals surface area (Å²) >= 11 is 0. The van der Waals surface area contributed by atoms with E-state index in [4.69, 9.17) is 9.47 Å². The summed E-state index contributed by atoms with van der Waals surface area (Å²) in [5.41, 5.74) is 1.23. The zero-order chi connectivity index (χ0) is 19.8. The van der Waals surface area contributed by atoms with Crippen molar-refractivity contribution in [1.29, 1.82) is 0 Å². The quantitative estimate of drug-likeness (QED) is 0.654. The Labute approximate surface area is 171 Å². The van der Waals surface area contributed by atoms with Crippen LogP contribution in [0.25, 0.3) is 0 Å². The van der Waals surface area contributed by atoms with E-state index in [1.54, 1.807) is 0 Å². The highest BCUT2D eigenvalue weighted by Crippen LogP contribution is 2.25. The van der Waals surface area contributed by atoms with E-state index in [1.807, 2.05) is 0 Å². The van der Waals surface area contributed by atoms with Crippen LogP contribution in [0.5, 0.6) is 5.75 Å². The van der Waals surface area contributed by atoms with Crippen molar-refractivity contribution < 1.29 is 9.47 Å². The predicted molar refractivity (Wildman–Crippen MR) is 117 cm³/mol. The largest absolute Gasteiger partial charge is 0.494 e. The second-order valence-electron chi connectivity index (χ2n) is 8.45. The zero-order valence-electron chi connectivity index (χ0n) is 18.0. The Morgan fingerprint density at radius 2 is 1.89 bits per heavy atom. The molecule has 1 N–H and O–H groups in total. The normalized spacial score (nSPS) is 22.2. The van der Waals surface area contributed by atoms with Gasteiger partial charge in [-0.1, -0.05) is 6.42 Å². The van der Waals surface area contributed by atoms with Gasteiger partial charge in [-0.15, -0.1) is 0 Å². The van der Waals surface area contributed by atoms with Gasteiger partial charge in [0.25, 0.3) is 0 Å². The first-order valence-electron chi connectivity index (χ1n) is 11.2. The van der Waals surface area contributed by atoms with Crippen molar-refractivity contribution in [2.45, 2.75) is 64.6 Å². The molecule has 0 bridgehead atoms. The van der Waals surface area contributed by atoms with Crippen molar-refractivity contribution in [3.8, 4) is 5.75 Å². The molecule has 158 valence electrons. The van der Waals surface area contributed by atoms with Crippen LogP contribution in [0.1, 0.15) is 46.5 Å². The van der Waals surface area contributed by atoms with Crippen LogP contribution < -0.4 is 15.0 Å². The molecule has 2 fully saturated rings. The van der Waals surface area contributed by atoms with Crippen LogP contribution in [0.4, 0.5) is 5.69 Å². The Morgan fingerprint density at radius 3 is 2.54 bits per heavy atom. The third kappa shape index (κ3) is 6.10. The maximum atomic E-state index is 6.00. The van der Waals surface area contributed by atoms with Crippen molar-refractivity contribution in [2.24, 2.45) is 0 Å². The summed E-state index contributed by atoms with van der Waals surface area (Å²) in [5.74, 6) is 0.967. The first kappa shape index (κ1) is 21.4. The SMILES string of the molecule is CC(C)N(c1ccc(OCCCN2CCCCC2)cc1)C(C)C1CNCCO1. The third-order valence-corrected chi connectivity index (χ3v) is 5.96. The summed E-state index contributed by atoms with van der Waals surface area (Å²) in [6.45, 7) is 13.9. The number of hydrogen-bond donors (Lipinski definition) is 1. The summed E-state index contributed by atoms with van der Waals surface area (Å²) < 4.78 is 12.0. The fourth-order valence-electron chi connectivity index (χ4n) is 4.45. The van der Waals surface area contributed by atoms with Crippen LogP contribution in [-0.2, 0) is 4.74 Å². The Kier molecular flexibility index (Phi) is 8.44. The van der Waals surface area contributed by atoms with Crippen molar-refractivity contribution >= 4 is 5.69 Å². The summed E-state index contributed by atoms with van der Waals surface area (Å²) in [6.07, 6.45) is 5.43. The Hall–Kier alpha value is -1.30. The molecule has 5 heteroatoms. The molecule has 28 heavy (non-hydrogen) atoms. The molecule has 2 atom stereocenters. The number of hydrogen-bond acceptors (Lipinski definition) is 5. The number of nitrogens with zero attached hydrogens (tertiary/aromatic N) is 2. The molecule has 2 unspecified atom stereocenters. The lowest BCUT2D eigenvalue weighted by Gasteiger charge is -2.40. The van der Waals surface area contributed by atoms with E-state index < -0.39 is 0 Å². The molecule has 2 aliphatic rings. The minimum absolute atomic E-state index is 0.224. The number of morpholine rings is 1. The molecule has 0 spiro atoms. The summed E-state index contributed by atoms with van der Waals surface area (Å²) in [7, 11) is 0. The Morgan fingerprint density at radius 1 is 1.14 bits per heavy atom. The molecule has 0 amide bonds. The van der Waals surface area contributed by atoms with Gasteiger partial charge < -0.3 is 24.6 Å². The van der Waals surface area contributed by atoms with E-state index >= 15 is 0 Å². The van der Waals surface area contributed by atoms with Crippen LogP contribution in [0, 0.1) is 0 Å². The molecule has 0 aromatic heterocycles. The van der Waals surface area contributed by atoms with Gasteiger partial charge >= 0.3 is 0 Å². The van der Waals surface area contributed by atoms with E-state index in [-0.39, 0.29) is 6.10 Å². The number of anilines is 1. The number of piperidine rings is 1. The van der Waals surface area contributed by atoms with Crippen molar-refractivity contribution in [3.05, 3.63) is 24.3 Å². The molecule has 1 aromatic carbocycles. The summed E-state index contributed by atoms with van der Waals surface area (Å²) in [4.78, 5) is 5.03. The standard InChI is InChI=1S/C23H39N3O2/c1-19(2)26(20(3)23-18-24-12-17-28-23)21-8-10-22(11-9-21)27-16-7-15-25-13-5-4-6-14-25/h8-11,19-20,23-24H,4-7,12-18H2,1-3H3. The fourth-order valence-corrected chi connectivity index (χ4v) is 4.45. The number of ether oxygens (including phenoxy) is 2. The number of likely N-dealkylation sites (tertiary alicyclic amines) is 1. The highest BCUT2D eigenvalue weighted by molar-refractivity contribution is 5.51. The third-order valence-electron chi connectivity index (χ3n) is 5.96. The van der Waals surface area contributed by atoms with Gasteiger partial charge in [-0.2, -0.15) is 0 Å². The van der Waals surface area contributed by atoms with Gasteiger partial charge in [0.1, 0.15) is 5.75 Å². The molecule has 0 radical (unpaired) electrons. The lowest BCUT2D eigenvalue weighted by atomic mass is 10.1. The van der Waals surface area contributed by atoms with Crippen LogP contribution >= 0.6 is 0 Å². The van der Waals surface area contributed by atoms with Gasteiger partial charge in [0.15, 0.2) is 0 Å². The summed E-state index contributed by atoms with van der Waals surface area (Å²) in [6, 6.07) is 9.33. The molecular formula is C23H39N3O2. The van der Waals surface area contributed by atoms with Crippen molar-refractivity contribution in [1.82, 2.24) is 10.2 Å². The van der Waals surface area contributed by atoms with E-state index in [1.165, 1.54) is 38.0 Å². The number of benzene rings is 1. The maximum Gasteiger partial charge on any atom is 0.119 e. The second kappa shape index (κ2) is 11.0. The van der Waals surface area contributed by atoms with Crippen LogP contribution in [-0.4, -0.2) is 69.0 Å². The fraction of sp³-hybridized carbons (Fsp3) is 0.739. The average Bonchev–Trinajstić information content (AvgIpc) is 2.73. The van der Waals surface area contributed by atoms with Gasteiger partial charge in [-0.3, -0.25) is 0 Å². The molecule has 2 saturated heterocycles. The highest BCUT2D eigenvalue weighted by atomic mass is 16.5. The van der Waals surface area contributed by atoms with Gasteiger partial charge in [0, 0.05) is 31.4 Å².